The second kappa shape index (κ2) is 9.12. The molecule has 26 heavy (non-hydrogen) atoms. The van der Waals surface area contributed by atoms with Crippen molar-refractivity contribution in [2.24, 2.45) is 0 Å². The number of thiazole rings is 1. The number of rotatable bonds is 8. The fourth-order valence-electron chi connectivity index (χ4n) is 2.62. The zero-order valence-electron chi connectivity index (χ0n) is 15.0. The molecule has 0 spiro atoms. The van der Waals surface area contributed by atoms with E-state index in [9.17, 15) is 4.79 Å². The van der Waals surface area contributed by atoms with Gasteiger partial charge in [0.05, 0.1) is 25.5 Å². The third-order valence-electron chi connectivity index (χ3n) is 4.12. The Balaban J connectivity index is 1.48. The molecular weight excluding hydrogens is 354 g/mol. The number of esters is 1. The fraction of sp³-hybridized carbons (Fsp3) is 0.474. The lowest BCUT2D eigenvalue weighted by molar-refractivity contribution is -0.159. The first-order valence-electron chi connectivity index (χ1n) is 8.64. The molecule has 0 bridgehead atoms. The van der Waals surface area contributed by atoms with Gasteiger partial charge < -0.3 is 18.9 Å². The van der Waals surface area contributed by atoms with Crippen LogP contribution in [0.3, 0.4) is 0 Å². The quantitative estimate of drug-likeness (QED) is 0.657. The minimum atomic E-state index is -0.615. The van der Waals surface area contributed by atoms with Crippen LogP contribution >= 0.6 is 11.3 Å². The number of carbonyl (C=O) groups is 1. The van der Waals surface area contributed by atoms with Crippen LogP contribution in [-0.2, 0) is 25.6 Å². The summed E-state index contributed by atoms with van der Waals surface area (Å²) < 4.78 is 21.6. The Morgan fingerprint density at radius 3 is 3.12 bits per heavy atom. The van der Waals surface area contributed by atoms with Gasteiger partial charge in [-0.05, 0) is 31.9 Å². The Bertz CT molecular complexity index is 726. The standard InChI is InChI=1S/C19H23NO5S/c1-13(24-11-17-7-4-8-23-17)19(21)25-10-15-12-26-18(20-15)14-5-3-6-16(9-14)22-2/h3,5-6,9,12-13,17H,4,7-8,10-11H2,1-2H3. The van der Waals surface area contributed by atoms with Crippen LogP contribution in [0.15, 0.2) is 29.6 Å². The molecule has 2 heterocycles. The first-order chi connectivity index (χ1) is 12.7. The average molecular weight is 377 g/mol. The predicted octanol–water partition coefficient (Wildman–Crippen LogP) is 3.45. The third kappa shape index (κ3) is 5.03. The lowest BCUT2D eigenvalue weighted by Crippen LogP contribution is -2.27. The summed E-state index contributed by atoms with van der Waals surface area (Å²) in [7, 11) is 1.63. The van der Waals surface area contributed by atoms with Crippen LogP contribution < -0.4 is 4.74 Å². The van der Waals surface area contributed by atoms with E-state index in [4.69, 9.17) is 18.9 Å². The largest absolute Gasteiger partial charge is 0.497 e. The lowest BCUT2D eigenvalue weighted by atomic mass is 10.2. The topological polar surface area (TPSA) is 66.9 Å². The van der Waals surface area contributed by atoms with Crippen LogP contribution in [0, 0.1) is 0 Å². The lowest BCUT2D eigenvalue weighted by Gasteiger charge is -2.15. The van der Waals surface area contributed by atoms with Gasteiger partial charge in [0.15, 0.2) is 6.10 Å². The maximum Gasteiger partial charge on any atom is 0.335 e. The van der Waals surface area contributed by atoms with Crippen molar-refractivity contribution in [3.8, 4) is 16.3 Å². The summed E-state index contributed by atoms with van der Waals surface area (Å²) in [5.41, 5.74) is 1.69. The Labute approximate surface area is 157 Å². The molecule has 0 saturated carbocycles. The molecule has 1 aromatic heterocycles. The number of hydrogen-bond donors (Lipinski definition) is 0. The second-order valence-corrected chi connectivity index (χ2v) is 6.95. The zero-order chi connectivity index (χ0) is 18.4. The van der Waals surface area contributed by atoms with Gasteiger partial charge in [0, 0.05) is 17.6 Å². The van der Waals surface area contributed by atoms with E-state index in [2.05, 4.69) is 4.98 Å². The SMILES string of the molecule is COc1cccc(-c2nc(COC(=O)C(C)OCC3CCCO3)cs2)c1. The number of carbonyl (C=O) groups excluding carboxylic acids is 1. The highest BCUT2D eigenvalue weighted by atomic mass is 32.1. The van der Waals surface area contributed by atoms with E-state index < -0.39 is 6.10 Å². The highest BCUT2D eigenvalue weighted by Gasteiger charge is 2.21. The van der Waals surface area contributed by atoms with Crippen molar-refractivity contribution >= 4 is 17.3 Å². The van der Waals surface area contributed by atoms with Crippen molar-refractivity contribution in [2.75, 3.05) is 20.3 Å². The maximum absolute atomic E-state index is 12.1. The van der Waals surface area contributed by atoms with Crippen LogP contribution in [0.1, 0.15) is 25.5 Å². The average Bonchev–Trinajstić information content (AvgIpc) is 3.36. The van der Waals surface area contributed by atoms with Crippen LogP contribution in [0.4, 0.5) is 0 Å². The zero-order valence-corrected chi connectivity index (χ0v) is 15.8. The maximum atomic E-state index is 12.1. The summed E-state index contributed by atoms with van der Waals surface area (Å²) in [6, 6.07) is 7.70. The fourth-order valence-corrected chi connectivity index (χ4v) is 3.42. The van der Waals surface area contributed by atoms with Crippen LogP contribution in [0.5, 0.6) is 5.75 Å². The number of hydrogen-bond acceptors (Lipinski definition) is 7. The molecule has 2 unspecified atom stereocenters. The van der Waals surface area contributed by atoms with Crippen molar-refractivity contribution in [1.29, 1.82) is 0 Å². The molecule has 0 radical (unpaired) electrons. The molecule has 0 amide bonds. The van der Waals surface area contributed by atoms with Gasteiger partial charge in [-0.1, -0.05) is 12.1 Å². The molecule has 2 atom stereocenters. The Hall–Kier alpha value is -1.96. The van der Waals surface area contributed by atoms with Crippen LogP contribution in [0.2, 0.25) is 0 Å². The van der Waals surface area contributed by atoms with E-state index in [-0.39, 0.29) is 18.7 Å². The minimum Gasteiger partial charge on any atom is -0.497 e. The van der Waals surface area contributed by atoms with Gasteiger partial charge in [-0.25, -0.2) is 9.78 Å². The Morgan fingerprint density at radius 1 is 1.46 bits per heavy atom. The number of ether oxygens (including phenoxy) is 4. The van der Waals surface area contributed by atoms with Gasteiger partial charge in [0.25, 0.3) is 0 Å². The summed E-state index contributed by atoms with van der Waals surface area (Å²) >= 11 is 1.50. The molecule has 1 aliphatic heterocycles. The van der Waals surface area contributed by atoms with Gasteiger partial charge in [-0.2, -0.15) is 0 Å². The van der Waals surface area contributed by atoms with Gasteiger partial charge in [0.1, 0.15) is 17.4 Å². The van der Waals surface area contributed by atoms with Gasteiger partial charge in [-0.3, -0.25) is 0 Å². The smallest absolute Gasteiger partial charge is 0.335 e. The Morgan fingerprint density at radius 2 is 2.35 bits per heavy atom. The highest BCUT2D eigenvalue weighted by Crippen LogP contribution is 2.27. The van der Waals surface area contributed by atoms with E-state index in [1.165, 1.54) is 11.3 Å². The summed E-state index contributed by atoms with van der Waals surface area (Å²) in [6.45, 7) is 3.02. The third-order valence-corrected chi connectivity index (χ3v) is 5.06. The van der Waals surface area contributed by atoms with E-state index in [1.54, 1.807) is 14.0 Å². The van der Waals surface area contributed by atoms with Crippen LogP contribution in [-0.4, -0.2) is 43.5 Å². The number of benzene rings is 1. The molecule has 6 nitrogen and oxygen atoms in total. The predicted molar refractivity (Wildman–Crippen MR) is 98.3 cm³/mol. The van der Waals surface area contributed by atoms with Crippen molar-refractivity contribution in [2.45, 2.75) is 38.6 Å². The molecule has 1 saturated heterocycles. The van der Waals surface area contributed by atoms with Gasteiger partial charge >= 0.3 is 5.97 Å². The molecule has 2 aromatic rings. The number of nitrogens with zero attached hydrogens (tertiary/aromatic N) is 1. The summed E-state index contributed by atoms with van der Waals surface area (Å²) in [5.74, 6) is 0.391. The van der Waals surface area contributed by atoms with E-state index in [1.807, 2.05) is 29.6 Å². The molecular formula is C19H23NO5S. The molecule has 1 aromatic carbocycles. The number of methoxy groups -OCH3 is 1. The van der Waals surface area contributed by atoms with Crippen molar-refractivity contribution in [3.05, 3.63) is 35.3 Å². The highest BCUT2D eigenvalue weighted by molar-refractivity contribution is 7.13. The van der Waals surface area contributed by atoms with Crippen molar-refractivity contribution < 1.29 is 23.7 Å². The summed E-state index contributed by atoms with van der Waals surface area (Å²) in [6.07, 6.45) is 1.50. The summed E-state index contributed by atoms with van der Waals surface area (Å²) in [4.78, 5) is 16.6. The van der Waals surface area contributed by atoms with E-state index >= 15 is 0 Å². The minimum absolute atomic E-state index is 0.0919. The van der Waals surface area contributed by atoms with Crippen LogP contribution in [0.25, 0.3) is 10.6 Å². The van der Waals surface area contributed by atoms with Crippen molar-refractivity contribution in [3.63, 3.8) is 0 Å². The first kappa shape index (κ1) is 18.8. The van der Waals surface area contributed by atoms with E-state index in [0.717, 1.165) is 35.8 Å². The first-order valence-corrected chi connectivity index (χ1v) is 9.52. The number of aromatic nitrogens is 1. The summed E-state index contributed by atoms with van der Waals surface area (Å²) in [5, 5.41) is 2.75. The van der Waals surface area contributed by atoms with E-state index in [0.29, 0.717) is 12.3 Å². The molecule has 1 fully saturated rings. The van der Waals surface area contributed by atoms with Gasteiger partial charge in [-0.15, -0.1) is 11.3 Å². The Kier molecular flexibility index (Phi) is 6.60. The van der Waals surface area contributed by atoms with Gasteiger partial charge in [0.2, 0.25) is 0 Å². The van der Waals surface area contributed by atoms with Crippen molar-refractivity contribution in [1.82, 2.24) is 4.98 Å². The molecule has 0 N–H and O–H groups in total. The monoisotopic (exact) mass is 377 g/mol. The molecule has 3 rings (SSSR count). The molecule has 140 valence electrons. The molecule has 1 aliphatic rings. The normalized spacial score (nSPS) is 17.8. The molecule has 7 heteroatoms. The molecule has 0 aliphatic carbocycles. The second-order valence-electron chi connectivity index (χ2n) is 6.09.